The van der Waals surface area contributed by atoms with E-state index in [0.29, 0.717) is 0 Å². The third-order valence-corrected chi connectivity index (χ3v) is 6.66. The number of nitrogens with two attached hydrogens (primary N) is 1. The molecular weight excluding hydrogens is 340 g/mol. The van der Waals surface area contributed by atoms with E-state index < -0.39 is 0 Å². The monoisotopic (exact) mass is 356 g/mol. The zero-order valence-electron chi connectivity index (χ0n) is 10.6. The number of hydrogen-bond donors (Lipinski definition) is 2. The van der Waals surface area contributed by atoms with Crippen LogP contribution < -0.4 is 11.3 Å². The number of thiophene rings is 2. The molecule has 1 unspecified atom stereocenters. The van der Waals surface area contributed by atoms with Gasteiger partial charge in [-0.05, 0) is 59.3 Å². The number of fused-ring (bicyclic) bond motifs is 1. The molecule has 0 aliphatic heterocycles. The van der Waals surface area contributed by atoms with Crippen molar-refractivity contribution >= 4 is 38.6 Å². The first-order valence-corrected chi connectivity index (χ1v) is 9.05. The molecule has 0 saturated heterocycles. The fourth-order valence-electron chi connectivity index (χ4n) is 2.59. The van der Waals surface area contributed by atoms with Crippen molar-refractivity contribution in [1.82, 2.24) is 5.43 Å². The smallest absolute Gasteiger partial charge is 0.0601 e. The van der Waals surface area contributed by atoms with Gasteiger partial charge in [-0.1, -0.05) is 0 Å². The van der Waals surface area contributed by atoms with Crippen LogP contribution in [0.1, 0.15) is 39.1 Å². The summed E-state index contributed by atoms with van der Waals surface area (Å²) < 4.78 is 1.16. The summed E-state index contributed by atoms with van der Waals surface area (Å²) in [6.07, 6.45) is 6.13. The van der Waals surface area contributed by atoms with Crippen molar-refractivity contribution in [3.63, 3.8) is 0 Å². The highest BCUT2D eigenvalue weighted by Crippen LogP contribution is 2.34. The minimum Gasteiger partial charge on any atom is -0.271 e. The van der Waals surface area contributed by atoms with Gasteiger partial charge in [0.25, 0.3) is 0 Å². The minimum absolute atomic E-state index is 0.237. The second kappa shape index (κ2) is 6.06. The summed E-state index contributed by atoms with van der Waals surface area (Å²) in [5.74, 6) is 5.77. The van der Waals surface area contributed by atoms with Crippen molar-refractivity contribution < 1.29 is 0 Å². The molecule has 1 atom stereocenters. The Hall–Kier alpha value is -0.200. The van der Waals surface area contributed by atoms with Crippen molar-refractivity contribution in [2.75, 3.05) is 0 Å². The summed E-state index contributed by atoms with van der Waals surface area (Å²) in [6, 6.07) is 4.79. The first kappa shape index (κ1) is 13.8. The molecule has 0 saturated carbocycles. The third-order valence-electron chi connectivity index (χ3n) is 3.59. The first-order valence-electron chi connectivity index (χ1n) is 6.57. The van der Waals surface area contributed by atoms with Crippen molar-refractivity contribution in [2.45, 2.75) is 38.1 Å². The van der Waals surface area contributed by atoms with Gasteiger partial charge in [-0.25, -0.2) is 0 Å². The zero-order chi connectivity index (χ0) is 13.2. The summed E-state index contributed by atoms with van der Waals surface area (Å²) in [5.41, 5.74) is 4.54. The van der Waals surface area contributed by atoms with Gasteiger partial charge in [-0.2, -0.15) is 0 Å². The summed E-state index contributed by atoms with van der Waals surface area (Å²) >= 11 is 7.24. The van der Waals surface area contributed by atoms with Gasteiger partial charge >= 0.3 is 0 Å². The molecule has 2 aromatic heterocycles. The molecule has 2 nitrogen and oxygen atoms in total. The van der Waals surface area contributed by atoms with Gasteiger partial charge in [0.05, 0.1) is 6.04 Å². The molecule has 0 spiro atoms. The average molecular weight is 357 g/mol. The van der Waals surface area contributed by atoms with Gasteiger partial charge in [-0.3, -0.25) is 11.3 Å². The lowest BCUT2D eigenvalue weighted by molar-refractivity contribution is 0.564. The molecule has 19 heavy (non-hydrogen) atoms. The number of rotatable bonds is 4. The van der Waals surface area contributed by atoms with Crippen LogP contribution in [0.4, 0.5) is 0 Å². The van der Waals surface area contributed by atoms with Crippen molar-refractivity contribution in [3.05, 3.63) is 42.2 Å². The van der Waals surface area contributed by atoms with Gasteiger partial charge in [0.1, 0.15) is 0 Å². The Bertz CT molecular complexity index is 538. The number of nitrogens with one attached hydrogen (secondary N) is 1. The van der Waals surface area contributed by atoms with Crippen LogP contribution in [-0.2, 0) is 19.3 Å². The topological polar surface area (TPSA) is 38.0 Å². The van der Waals surface area contributed by atoms with Crippen LogP contribution in [0.5, 0.6) is 0 Å². The Morgan fingerprint density at radius 3 is 2.84 bits per heavy atom. The molecule has 3 rings (SSSR count). The average Bonchev–Trinajstić information content (AvgIpc) is 3.01. The Morgan fingerprint density at radius 2 is 2.16 bits per heavy atom. The molecular formula is C14H17BrN2S2. The quantitative estimate of drug-likeness (QED) is 0.636. The van der Waals surface area contributed by atoms with Gasteiger partial charge in [-0.15, -0.1) is 22.7 Å². The number of hydrazine groups is 1. The maximum Gasteiger partial charge on any atom is 0.0601 e. The van der Waals surface area contributed by atoms with Crippen LogP contribution in [0.3, 0.4) is 0 Å². The third kappa shape index (κ3) is 3.11. The van der Waals surface area contributed by atoms with E-state index in [-0.39, 0.29) is 6.04 Å². The van der Waals surface area contributed by atoms with Crippen molar-refractivity contribution in [3.8, 4) is 0 Å². The molecule has 102 valence electrons. The van der Waals surface area contributed by atoms with E-state index in [1.165, 1.54) is 35.4 Å². The van der Waals surface area contributed by atoms with E-state index in [0.717, 1.165) is 10.9 Å². The molecule has 1 aliphatic carbocycles. The Balaban J connectivity index is 1.79. The molecule has 0 amide bonds. The molecule has 3 N–H and O–H groups in total. The Labute approximate surface area is 130 Å². The zero-order valence-corrected chi connectivity index (χ0v) is 13.8. The summed E-state index contributed by atoms with van der Waals surface area (Å²) in [4.78, 5) is 4.33. The molecule has 0 fully saturated rings. The maximum absolute atomic E-state index is 5.77. The van der Waals surface area contributed by atoms with Crippen LogP contribution in [0.25, 0.3) is 0 Å². The van der Waals surface area contributed by atoms with Crippen LogP contribution in [0.2, 0.25) is 0 Å². The molecule has 1 aliphatic rings. The summed E-state index contributed by atoms with van der Waals surface area (Å²) in [7, 11) is 0. The number of hydrogen-bond acceptors (Lipinski definition) is 4. The normalized spacial score (nSPS) is 16.3. The lowest BCUT2D eigenvalue weighted by Crippen LogP contribution is -2.28. The lowest BCUT2D eigenvalue weighted by atomic mass is 9.98. The summed E-state index contributed by atoms with van der Waals surface area (Å²) in [5, 5.41) is 2.13. The second-order valence-electron chi connectivity index (χ2n) is 4.96. The fourth-order valence-corrected chi connectivity index (χ4v) is 5.41. The maximum atomic E-state index is 5.77. The Kier molecular flexibility index (Phi) is 4.39. The van der Waals surface area contributed by atoms with E-state index in [2.05, 4.69) is 38.9 Å². The van der Waals surface area contributed by atoms with Crippen LogP contribution in [0.15, 0.2) is 22.0 Å². The first-order chi connectivity index (χ1) is 9.26. The molecule has 0 radical (unpaired) electrons. The minimum atomic E-state index is 0.237. The van der Waals surface area contributed by atoms with Gasteiger partial charge in [0.2, 0.25) is 0 Å². The van der Waals surface area contributed by atoms with Gasteiger partial charge in [0, 0.05) is 30.9 Å². The van der Waals surface area contributed by atoms with Crippen LogP contribution >= 0.6 is 38.6 Å². The largest absolute Gasteiger partial charge is 0.271 e. The van der Waals surface area contributed by atoms with Gasteiger partial charge in [0.15, 0.2) is 0 Å². The van der Waals surface area contributed by atoms with Crippen molar-refractivity contribution in [2.24, 2.45) is 5.84 Å². The van der Waals surface area contributed by atoms with E-state index >= 15 is 0 Å². The SMILES string of the molecule is NNC(Cc1cc(Br)cs1)c1cc2c(s1)CCCC2. The van der Waals surface area contributed by atoms with E-state index in [1.807, 2.05) is 11.3 Å². The highest BCUT2D eigenvalue weighted by molar-refractivity contribution is 9.10. The van der Waals surface area contributed by atoms with Crippen molar-refractivity contribution in [1.29, 1.82) is 0 Å². The van der Waals surface area contributed by atoms with Crippen LogP contribution in [-0.4, -0.2) is 0 Å². The van der Waals surface area contributed by atoms with E-state index in [4.69, 9.17) is 5.84 Å². The van der Waals surface area contributed by atoms with E-state index in [1.54, 1.807) is 21.8 Å². The van der Waals surface area contributed by atoms with Crippen LogP contribution in [0, 0.1) is 0 Å². The van der Waals surface area contributed by atoms with E-state index in [9.17, 15) is 0 Å². The fraction of sp³-hybridized carbons (Fsp3) is 0.429. The second-order valence-corrected chi connectivity index (χ2v) is 8.04. The lowest BCUT2D eigenvalue weighted by Gasteiger charge is -2.12. The predicted molar refractivity (Wildman–Crippen MR) is 86.7 cm³/mol. The standard InChI is InChI=1S/C14H17BrN2S2/c15-10-6-11(18-8-10)7-12(17-16)14-5-9-3-1-2-4-13(9)19-14/h5-6,8,12,17H,1-4,7,16H2. The number of aryl methyl sites for hydroxylation is 2. The highest BCUT2D eigenvalue weighted by atomic mass is 79.9. The molecule has 0 aromatic carbocycles. The number of halogens is 1. The molecule has 0 bridgehead atoms. The predicted octanol–water partition coefficient (Wildman–Crippen LogP) is 4.20. The Morgan fingerprint density at radius 1 is 1.32 bits per heavy atom. The molecule has 2 aromatic rings. The summed E-state index contributed by atoms with van der Waals surface area (Å²) in [6.45, 7) is 0. The van der Waals surface area contributed by atoms with Gasteiger partial charge < -0.3 is 0 Å². The molecule has 5 heteroatoms. The highest BCUT2D eigenvalue weighted by Gasteiger charge is 2.19. The molecule has 2 heterocycles.